The Labute approximate surface area is 48.0 Å². The molecule has 0 saturated heterocycles. The van der Waals surface area contributed by atoms with Gasteiger partial charge in [0.15, 0.2) is 0 Å². The first-order valence-electron chi connectivity index (χ1n) is 2.39. The summed E-state index contributed by atoms with van der Waals surface area (Å²) in [6, 6.07) is 0. The Balaban J connectivity index is 2.60. The lowest BCUT2D eigenvalue weighted by molar-refractivity contribution is -0.127. The third-order valence-corrected chi connectivity index (χ3v) is 1.02. The van der Waals surface area contributed by atoms with Crippen LogP contribution < -0.4 is 5.32 Å². The van der Waals surface area contributed by atoms with Crippen LogP contribution in [0.15, 0.2) is 12.4 Å². The SMILES string of the molecule is CN1C=C[N]CC1=O. The zero-order valence-corrected chi connectivity index (χ0v) is 4.66. The molecule has 1 heterocycles. The number of carbonyl (C=O) groups is 1. The van der Waals surface area contributed by atoms with E-state index in [1.807, 2.05) is 0 Å². The van der Waals surface area contributed by atoms with Crippen molar-refractivity contribution in [3.8, 4) is 0 Å². The number of amides is 1. The van der Waals surface area contributed by atoms with Crippen molar-refractivity contribution >= 4 is 5.91 Å². The average Bonchev–Trinajstić information content (AvgIpc) is 1.77. The molecule has 0 spiro atoms. The molecular formula is C5H7N2O. The molecule has 8 heavy (non-hydrogen) atoms. The van der Waals surface area contributed by atoms with E-state index in [0.717, 1.165) is 0 Å². The van der Waals surface area contributed by atoms with E-state index in [1.54, 1.807) is 19.4 Å². The fourth-order valence-electron chi connectivity index (χ4n) is 0.473. The van der Waals surface area contributed by atoms with E-state index in [-0.39, 0.29) is 5.91 Å². The topological polar surface area (TPSA) is 34.4 Å². The maximum atomic E-state index is 10.6. The summed E-state index contributed by atoms with van der Waals surface area (Å²) >= 11 is 0. The molecule has 1 amide bonds. The predicted octanol–water partition coefficient (Wildman–Crippen LogP) is -0.466. The fraction of sp³-hybridized carbons (Fsp3) is 0.400. The summed E-state index contributed by atoms with van der Waals surface area (Å²) in [5.74, 6) is 0.0486. The molecule has 1 radical (unpaired) electrons. The third-order valence-electron chi connectivity index (χ3n) is 1.02. The lowest BCUT2D eigenvalue weighted by Gasteiger charge is -2.14. The van der Waals surface area contributed by atoms with Crippen LogP contribution in [0.4, 0.5) is 0 Å². The molecule has 0 aromatic heterocycles. The van der Waals surface area contributed by atoms with Crippen LogP contribution in [0.5, 0.6) is 0 Å². The van der Waals surface area contributed by atoms with Crippen molar-refractivity contribution in [1.29, 1.82) is 0 Å². The van der Waals surface area contributed by atoms with E-state index in [0.29, 0.717) is 6.54 Å². The molecule has 0 N–H and O–H groups in total. The number of hydrogen-bond acceptors (Lipinski definition) is 1. The Bertz CT molecular complexity index is 130. The molecule has 0 atom stereocenters. The lowest BCUT2D eigenvalue weighted by atomic mass is 10.5. The molecule has 3 nitrogen and oxygen atoms in total. The van der Waals surface area contributed by atoms with Crippen LogP contribution in [0.1, 0.15) is 0 Å². The van der Waals surface area contributed by atoms with Gasteiger partial charge in [-0.1, -0.05) is 0 Å². The molecule has 0 unspecified atom stereocenters. The highest BCUT2D eigenvalue weighted by Gasteiger charge is 2.07. The molecular weight excluding hydrogens is 104 g/mol. The normalized spacial score (nSPS) is 18.6. The van der Waals surface area contributed by atoms with Crippen LogP contribution in [0, 0.1) is 0 Å². The van der Waals surface area contributed by atoms with Crippen LogP contribution in [-0.2, 0) is 4.79 Å². The minimum atomic E-state index is 0.0486. The number of rotatable bonds is 0. The highest BCUT2D eigenvalue weighted by atomic mass is 16.2. The predicted molar refractivity (Wildman–Crippen MR) is 28.9 cm³/mol. The van der Waals surface area contributed by atoms with Crippen molar-refractivity contribution in [1.82, 2.24) is 10.2 Å². The summed E-state index contributed by atoms with van der Waals surface area (Å²) in [7, 11) is 1.72. The van der Waals surface area contributed by atoms with Gasteiger partial charge in [-0.15, -0.1) is 0 Å². The van der Waals surface area contributed by atoms with Gasteiger partial charge >= 0.3 is 0 Å². The highest BCUT2D eigenvalue weighted by molar-refractivity contribution is 5.79. The van der Waals surface area contributed by atoms with Crippen molar-refractivity contribution in [2.75, 3.05) is 13.6 Å². The molecule has 0 aliphatic carbocycles. The minimum Gasteiger partial charge on any atom is -0.319 e. The van der Waals surface area contributed by atoms with Gasteiger partial charge in [-0.2, -0.15) is 0 Å². The van der Waals surface area contributed by atoms with Gasteiger partial charge in [0.1, 0.15) is 6.54 Å². The van der Waals surface area contributed by atoms with Gasteiger partial charge in [0.2, 0.25) is 5.91 Å². The molecule has 0 aromatic carbocycles. The number of likely N-dealkylation sites (N-methyl/N-ethyl adjacent to an activating group) is 1. The maximum absolute atomic E-state index is 10.6. The molecule has 3 heteroatoms. The van der Waals surface area contributed by atoms with Crippen LogP contribution in [0.2, 0.25) is 0 Å². The zero-order chi connectivity index (χ0) is 5.98. The summed E-state index contributed by atoms with van der Waals surface area (Å²) in [4.78, 5) is 12.1. The van der Waals surface area contributed by atoms with Crippen LogP contribution in [-0.4, -0.2) is 24.4 Å². The van der Waals surface area contributed by atoms with Crippen LogP contribution in [0.3, 0.4) is 0 Å². The molecule has 1 aliphatic heterocycles. The van der Waals surface area contributed by atoms with Crippen molar-refractivity contribution in [2.24, 2.45) is 0 Å². The summed E-state index contributed by atoms with van der Waals surface area (Å²) in [6.07, 6.45) is 3.27. The first-order chi connectivity index (χ1) is 3.80. The van der Waals surface area contributed by atoms with Crippen LogP contribution >= 0.6 is 0 Å². The Hall–Kier alpha value is -0.990. The van der Waals surface area contributed by atoms with Gasteiger partial charge in [-0.05, 0) is 0 Å². The standard InChI is InChI=1S/C5H7N2O/c1-7-3-2-6-4-5(7)8/h2-3H,4H2,1H3. The van der Waals surface area contributed by atoms with Gasteiger partial charge in [0.05, 0.1) is 0 Å². The van der Waals surface area contributed by atoms with Crippen molar-refractivity contribution in [3.63, 3.8) is 0 Å². The highest BCUT2D eigenvalue weighted by Crippen LogP contribution is 1.90. The molecule has 0 aromatic rings. The molecule has 0 bridgehead atoms. The lowest BCUT2D eigenvalue weighted by Crippen LogP contribution is -2.31. The largest absolute Gasteiger partial charge is 0.319 e. The van der Waals surface area contributed by atoms with E-state index >= 15 is 0 Å². The minimum absolute atomic E-state index is 0.0486. The van der Waals surface area contributed by atoms with Gasteiger partial charge in [0, 0.05) is 19.4 Å². The van der Waals surface area contributed by atoms with E-state index in [1.165, 1.54) is 4.90 Å². The maximum Gasteiger partial charge on any atom is 0.247 e. The van der Waals surface area contributed by atoms with Gasteiger partial charge in [0.25, 0.3) is 0 Å². The summed E-state index contributed by atoms with van der Waals surface area (Å²) in [5.41, 5.74) is 0. The van der Waals surface area contributed by atoms with Crippen molar-refractivity contribution < 1.29 is 4.79 Å². The Kier molecular flexibility index (Phi) is 1.20. The number of nitrogens with zero attached hydrogens (tertiary/aromatic N) is 2. The zero-order valence-electron chi connectivity index (χ0n) is 4.66. The monoisotopic (exact) mass is 111 g/mol. The first kappa shape index (κ1) is 5.15. The summed E-state index contributed by atoms with van der Waals surface area (Å²) in [5, 5.41) is 3.74. The van der Waals surface area contributed by atoms with Gasteiger partial charge in [-0.25, -0.2) is 0 Å². The molecule has 43 valence electrons. The Morgan fingerprint density at radius 2 is 2.62 bits per heavy atom. The number of carbonyl (C=O) groups excluding carboxylic acids is 1. The van der Waals surface area contributed by atoms with E-state index in [9.17, 15) is 4.79 Å². The second-order valence-electron chi connectivity index (χ2n) is 1.64. The van der Waals surface area contributed by atoms with E-state index in [4.69, 9.17) is 0 Å². The summed E-state index contributed by atoms with van der Waals surface area (Å²) < 4.78 is 0. The molecule has 1 aliphatic rings. The number of hydrogen-bond donors (Lipinski definition) is 0. The van der Waals surface area contributed by atoms with Gasteiger partial charge < -0.3 is 4.90 Å². The second-order valence-corrected chi connectivity index (χ2v) is 1.64. The van der Waals surface area contributed by atoms with E-state index in [2.05, 4.69) is 5.32 Å². The first-order valence-corrected chi connectivity index (χ1v) is 2.39. The Morgan fingerprint density at radius 3 is 3.00 bits per heavy atom. The Morgan fingerprint density at radius 1 is 1.88 bits per heavy atom. The van der Waals surface area contributed by atoms with E-state index < -0.39 is 0 Å². The second kappa shape index (κ2) is 1.86. The quantitative estimate of drug-likeness (QED) is 0.416. The van der Waals surface area contributed by atoms with Crippen molar-refractivity contribution in [2.45, 2.75) is 0 Å². The average molecular weight is 111 g/mol. The molecule has 1 rings (SSSR count). The van der Waals surface area contributed by atoms with Gasteiger partial charge in [-0.3, -0.25) is 10.1 Å². The summed E-state index contributed by atoms with van der Waals surface area (Å²) in [6.45, 7) is 0.299. The molecule has 0 fully saturated rings. The third kappa shape index (κ3) is 0.804. The smallest absolute Gasteiger partial charge is 0.247 e. The van der Waals surface area contributed by atoms with Crippen molar-refractivity contribution in [3.05, 3.63) is 12.4 Å². The van der Waals surface area contributed by atoms with Crippen LogP contribution in [0.25, 0.3) is 0 Å². The molecule has 0 saturated carbocycles. The fourth-order valence-corrected chi connectivity index (χ4v) is 0.473.